The van der Waals surface area contributed by atoms with Crippen molar-refractivity contribution in [2.75, 3.05) is 26.3 Å². The first kappa shape index (κ1) is 30.7. The van der Waals surface area contributed by atoms with Crippen LogP contribution in [0.2, 0.25) is 0 Å². The number of hydrogen-bond acceptors (Lipinski definition) is 8. The van der Waals surface area contributed by atoms with Crippen LogP contribution in [0, 0.1) is 34.4 Å². The molecule has 1 heterocycles. The highest BCUT2D eigenvalue weighted by molar-refractivity contribution is 7.89. The van der Waals surface area contributed by atoms with Crippen molar-refractivity contribution in [1.29, 1.82) is 10.5 Å². The van der Waals surface area contributed by atoms with Gasteiger partial charge in [-0.25, -0.2) is 12.8 Å². The summed E-state index contributed by atoms with van der Waals surface area (Å²) in [7, 11) is -4.61. The van der Waals surface area contributed by atoms with Crippen LogP contribution in [0.3, 0.4) is 0 Å². The fourth-order valence-corrected chi connectivity index (χ4v) is 6.08. The third-order valence-corrected chi connectivity index (χ3v) is 8.65. The van der Waals surface area contributed by atoms with Crippen LogP contribution in [-0.4, -0.2) is 54.8 Å². The number of nitriles is 2. The number of nitrogens with zero attached hydrogens (tertiary/aromatic N) is 3. The number of aliphatic hydroxyl groups excluding tert-OH is 1. The zero-order valence-electron chi connectivity index (χ0n) is 21.7. The Labute approximate surface area is 238 Å². The second-order valence-electron chi connectivity index (χ2n) is 9.55. The van der Waals surface area contributed by atoms with E-state index in [1.807, 2.05) is 0 Å². The maximum Gasteiger partial charge on any atom is 0.416 e. The van der Waals surface area contributed by atoms with Gasteiger partial charge >= 0.3 is 6.18 Å². The van der Waals surface area contributed by atoms with Gasteiger partial charge in [0.1, 0.15) is 30.2 Å². The highest BCUT2D eigenvalue weighted by atomic mass is 32.2. The van der Waals surface area contributed by atoms with E-state index >= 15 is 0 Å². The molecular formula is C28H23F4N3O6S. The van der Waals surface area contributed by atoms with Crippen molar-refractivity contribution >= 4 is 10.0 Å². The molecule has 0 aliphatic carbocycles. The summed E-state index contributed by atoms with van der Waals surface area (Å²) in [6, 6.07) is 15.7. The normalized spacial score (nSPS) is 19.2. The molecule has 1 aliphatic rings. The van der Waals surface area contributed by atoms with E-state index in [-0.39, 0.29) is 23.7 Å². The maximum absolute atomic E-state index is 14.5. The number of benzene rings is 3. The standard InChI is InChI=1S/C28H23F4N3O6S/c29-23-10-25(24(9-19(23)11-33)40-14-18-4-2-1-3-5-18)41-15-22-13-35(16-27(22,37)17-36)42(38,39)26-7-6-21(28(30,31)32)8-20(26)12-34/h1-10,22,36-37H,13-17H2/t22-,27-/m1/s1. The topological polar surface area (TPSA) is 144 Å². The van der Waals surface area contributed by atoms with Crippen molar-refractivity contribution in [1.82, 2.24) is 4.31 Å². The van der Waals surface area contributed by atoms with Crippen LogP contribution in [0.5, 0.6) is 11.5 Å². The van der Waals surface area contributed by atoms with E-state index in [0.29, 0.717) is 18.2 Å². The van der Waals surface area contributed by atoms with Crippen molar-refractivity contribution in [3.05, 3.63) is 88.7 Å². The zero-order valence-corrected chi connectivity index (χ0v) is 22.5. The average Bonchev–Trinajstić information content (AvgIpc) is 3.32. The Morgan fingerprint density at radius 2 is 1.67 bits per heavy atom. The number of hydrogen-bond donors (Lipinski definition) is 2. The van der Waals surface area contributed by atoms with Crippen molar-refractivity contribution in [2.45, 2.75) is 23.3 Å². The Morgan fingerprint density at radius 3 is 2.29 bits per heavy atom. The van der Waals surface area contributed by atoms with Crippen LogP contribution < -0.4 is 9.47 Å². The lowest BCUT2D eigenvalue weighted by molar-refractivity contribution is -0.137. The first-order valence-corrected chi connectivity index (χ1v) is 13.7. The number of β-amino-alcohol motifs (C(OH)–C–C–N with tert-alkyl or cyclic N) is 1. The summed E-state index contributed by atoms with van der Waals surface area (Å²) in [5, 5.41) is 39.6. The minimum absolute atomic E-state index is 0.00441. The van der Waals surface area contributed by atoms with Crippen LogP contribution >= 0.6 is 0 Å². The van der Waals surface area contributed by atoms with Gasteiger partial charge in [-0.2, -0.15) is 28.0 Å². The number of ether oxygens (including phenoxy) is 2. The van der Waals surface area contributed by atoms with Gasteiger partial charge in [-0.15, -0.1) is 0 Å². The van der Waals surface area contributed by atoms with Crippen LogP contribution in [0.4, 0.5) is 17.6 Å². The second kappa shape index (κ2) is 12.0. The molecule has 0 saturated carbocycles. The van der Waals surface area contributed by atoms with E-state index in [2.05, 4.69) is 0 Å². The summed E-state index contributed by atoms with van der Waals surface area (Å²) >= 11 is 0. The molecule has 14 heteroatoms. The minimum Gasteiger partial charge on any atom is -0.489 e. The van der Waals surface area contributed by atoms with Crippen LogP contribution in [0.25, 0.3) is 0 Å². The predicted molar refractivity (Wildman–Crippen MR) is 138 cm³/mol. The van der Waals surface area contributed by atoms with Gasteiger partial charge < -0.3 is 19.7 Å². The van der Waals surface area contributed by atoms with Gasteiger partial charge in [0.2, 0.25) is 10.0 Å². The monoisotopic (exact) mass is 605 g/mol. The van der Waals surface area contributed by atoms with E-state index in [9.17, 15) is 46.7 Å². The first-order valence-electron chi connectivity index (χ1n) is 12.3. The summed E-state index contributed by atoms with van der Waals surface area (Å²) < 4.78 is 92.6. The molecule has 1 aliphatic heterocycles. The van der Waals surface area contributed by atoms with Crippen LogP contribution in [-0.2, 0) is 22.8 Å². The van der Waals surface area contributed by atoms with Gasteiger partial charge in [-0.05, 0) is 23.8 Å². The fourth-order valence-electron chi connectivity index (χ4n) is 4.41. The molecule has 220 valence electrons. The minimum atomic E-state index is -4.81. The van der Waals surface area contributed by atoms with Crippen LogP contribution in [0.15, 0.2) is 65.6 Å². The highest BCUT2D eigenvalue weighted by Gasteiger charge is 2.50. The Hall–Kier alpha value is -4.21. The van der Waals surface area contributed by atoms with Crippen molar-refractivity contribution < 1.29 is 45.7 Å². The number of rotatable bonds is 9. The first-order chi connectivity index (χ1) is 19.8. The summed E-state index contributed by atoms with van der Waals surface area (Å²) in [5.41, 5.74) is -3.57. The van der Waals surface area contributed by atoms with Crippen molar-refractivity contribution in [3.63, 3.8) is 0 Å². The smallest absolute Gasteiger partial charge is 0.416 e. The van der Waals surface area contributed by atoms with Crippen molar-refractivity contribution in [3.8, 4) is 23.6 Å². The molecule has 4 rings (SSSR count). The molecule has 3 aromatic rings. The number of halogens is 4. The molecule has 0 unspecified atom stereocenters. The number of sulfonamides is 1. The van der Waals surface area contributed by atoms with Crippen LogP contribution in [0.1, 0.15) is 22.3 Å². The fraction of sp³-hybridized carbons (Fsp3) is 0.286. The van der Waals surface area contributed by atoms with Gasteiger partial charge in [0, 0.05) is 31.1 Å². The summed E-state index contributed by atoms with van der Waals surface area (Å²) in [4.78, 5) is -0.703. The molecule has 2 N–H and O–H groups in total. The Bertz CT molecular complexity index is 1660. The molecule has 0 aromatic heterocycles. The molecule has 42 heavy (non-hydrogen) atoms. The SMILES string of the molecule is N#Cc1cc(OCc2ccccc2)c(OC[C@H]2CN(S(=O)(=O)c3ccc(C(F)(F)F)cc3C#N)C[C@@]2(O)CO)cc1F. The molecule has 1 fully saturated rings. The lowest BCUT2D eigenvalue weighted by Crippen LogP contribution is -2.44. The highest BCUT2D eigenvalue weighted by Crippen LogP contribution is 2.37. The van der Waals surface area contributed by atoms with Gasteiger partial charge in [0.05, 0.1) is 34.8 Å². The van der Waals surface area contributed by atoms with E-state index in [4.69, 9.17) is 9.47 Å². The van der Waals surface area contributed by atoms with E-state index < -0.39 is 75.9 Å². The van der Waals surface area contributed by atoms with Crippen molar-refractivity contribution in [2.24, 2.45) is 5.92 Å². The molecule has 0 spiro atoms. The van der Waals surface area contributed by atoms with Gasteiger partial charge in [-0.1, -0.05) is 30.3 Å². The second-order valence-corrected chi connectivity index (χ2v) is 11.5. The van der Waals surface area contributed by atoms with E-state index in [0.717, 1.165) is 22.0 Å². The van der Waals surface area contributed by atoms with Gasteiger partial charge in [0.15, 0.2) is 11.5 Å². The molecule has 3 aromatic carbocycles. The Kier molecular flexibility index (Phi) is 8.75. The molecular weight excluding hydrogens is 582 g/mol. The molecule has 0 amide bonds. The van der Waals surface area contributed by atoms with Gasteiger partial charge in [0.25, 0.3) is 0 Å². The summed E-state index contributed by atoms with van der Waals surface area (Å²) in [6.45, 7) is -2.44. The molecule has 9 nitrogen and oxygen atoms in total. The molecule has 0 bridgehead atoms. The average molecular weight is 606 g/mol. The third-order valence-electron chi connectivity index (χ3n) is 6.78. The summed E-state index contributed by atoms with van der Waals surface area (Å²) in [6.07, 6.45) is -4.81. The predicted octanol–water partition coefficient (Wildman–Crippen LogP) is 3.59. The lowest BCUT2D eigenvalue weighted by atomic mass is 9.92. The van der Waals surface area contributed by atoms with Gasteiger partial charge in [-0.3, -0.25) is 0 Å². The van der Waals surface area contributed by atoms with E-state index in [1.54, 1.807) is 36.4 Å². The zero-order chi connectivity index (χ0) is 30.7. The summed E-state index contributed by atoms with van der Waals surface area (Å²) in [5.74, 6) is -2.18. The Morgan fingerprint density at radius 1 is 1.00 bits per heavy atom. The molecule has 2 atom stereocenters. The number of aliphatic hydroxyl groups is 2. The lowest BCUT2D eigenvalue weighted by Gasteiger charge is -2.27. The largest absolute Gasteiger partial charge is 0.489 e. The molecule has 1 saturated heterocycles. The maximum atomic E-state index is 14.5. The third kappa shape index (κ3) is 6.32. The quantitative estimate of drug-likeness (QED) is 0.352. The number of alkyl halides is 3. The Balaban J connectivity index is 1.57. The van der Waals surface area contributed by atoms with E-state index in [1.165, 1.54) is 6.07 Å². The molecule has 0 radical (unpaired) electrons.